The Hall–Kier alpha value is -1.22. The van der Waals surface area contributed by atoms with Gasteiger partial charge in [-0.25, -0.2) is 22.3 Å². The molecule has 0 heterocycles. The average Bonchev–Trinajstić information content (AvgIpc) is 2.38. The molecular weight excluding hydrogens is 313 g/mol. The van der Waals surface area contributed by atoms with E-state index in [-0.39, 0.29) is 0 Å². The number of benzene rings is 1. The lowest BCUT2D eigenvalue weighted by Gasteiger charge is -2.15. The highest BCUT2D eigenvalue weighted by Gasteiger charge is 2.23. The van der Waals surface area contributed by atoms with Crippen LogP contribution in [0, 0.1) is 5.82 Å². The Labute approximate surface area is 120 Å². The van der Waals surface area contributed by atoms with E-state index >= 15 is 0 Å². The van der Waals surface area contributed by atoms with E-state index < -0.39 is 49.9 Å². The molecule has 0 radical (unpaired) electrons. The van der Waals surface area contributed by atoms with Crippen LogP contribution in [0.3, 0.4) is 0 Å². The Kier molecular flexibility index (Phi) is 5.46. The molecule has 1 unspecified atom stereocenters. The van der Waals surface area contributed by atoms with Gasteiger partial charge in [0.15, 0.2) is 0 Å². The van der Waals surface area contributed by atoms with Crippen LogP contribution in [0.5, 0.6) is 0 Å². The summed E-state index contributed by atoms with van der Waals surface area (Å²) >= 11 is 5.46. The van der Waals surface area contributed by atoms with Gasteiger partial charge in [0.25, 0.3) is 0 Å². The minimum atomic E-state index is -4.15. The molecule has 0 amide bonds. The van der Waals surface area contributed by atoms with Crippen LogP contribution in [0.1, 0.15) is 23.7 Å². The van der Waals surface area contributed by atoms with Crippen LogP contribution in [0.25, 0.3) is 0 Å². The fraction of sp³-hybridized carbons (Fsp3) is 0.364. The van der Waals surface area contributed by atoms with Crippen LogP contribution in [0.15, 0.2) is 17.0 Å². The van der Waals surface area contributed by atoms with Crippen molar-refractivity contribution in [2.24, 2.45) is 0 Å². The number of sulfonamides is 1. The lowest BCUT2D eigenvalue weighted by Crippen LogP contribution is -2.37. The molecule has 0 aromatic heterocycles. The fourth-order valence-corrected chi connectivity index (χ4v) is 2.95. The number of aliphatic hydroxyl groups is 1. The van der Waals surface area contributed by atoms with Crippen molar-refractivity contribution < 1.29 is 27.8 Å². The molecule has 1 aromatic rings. The van der Waals surface area contributed by atoms with Crippen molar-refractivity contribution in [3.63, 3.8) is 0 Å². The summed E-state index contributed by atoms with van der Waals surface area (Å²) in [6, 6.07) is 0.647. The molecule has 0 bridgehead atoms. The molecule has 0 saturated carbocycles. The molecule has 20 heavy (non-hydrogen) atoms. The van der Waals surface area contributed by atoms with Crippen LogP contribution in [0.2, 0.25) is 5.02 Å². The number of hydrogen-bond acceptors (Lipinski definition) is 4. The number of carboxylic acid groups (broad SMARTS) is 1. The van der Waals surface area contributed by atoms with Gasteiger partial charge < -0.3 is 10.2 Å². The molecule has 3 N–H and O–H groups in total. The number of carbonyl (C=O) groups is 1. The quantitative estimate of drug-likeness (QED) is 0.729. The monoisotopic (exact) mass is 325 g/mol. The third-order valence-electron chi connectivity index (χ3n) is 2.58. The summed E-state index contributed by atoms with van der Waals surface area (Å²) in [4.78, 5) is 10.3. The Morgan fingerprint density at radius 2 is 2.10 bits per heavy atom. The van der Waals surface area contributed by atoms with E-state index in [1.54, 1.807) is 6.92 Å². The average molecular weight is 326 g/mol. The molecule has 112 valence electrons. The first-order valence-electron chi connectivity index (χ1n) is 5.58. The molecule has 0 spiro atoms. The molecule has 1 rings (SSSR count). The predicted octanol–water partition coefficient (Wildman–Crippen LogP) is 1.23. The summed E-state index contributed by atoms with van der Waals surface area (Å²) in [6.07, 6.45) is 0.317. The van der Waals surface area contributed by atoms with E-state index in [2.05, 4.69) is 4.72 Å². The number of nitrogens with one attached hydrogen (secondary N) is 1. The largest absolute Gasteiger partial charge is 0.478 e. The van der Waals surface area contributed by atoms with Gasteiger partial charge in [0.05, 0.1) is 22.1 Å². The van der Waals surface area contributed by atoms with Crippen molar-refractivity contribution in [2.45, 2.75) is 24.3 Å². The standard InChI is InChI=1S/C11H13ClFNO5S/c1-2-6(5-15)14-20(18,19)7-3-8(11(16)17)10(12)9(13)4-7/h3-4,6,14-15H,2,5H2,1H3,(H,16,17). The summed E-state index contributed by atoms with van der Waals surface area (Å²) in [5.74, 6) is -2.69. The topological polar surface area (TPSA) is 104 Å². The second kappa shape index (κ2) is 6.49. The van der Waals surface area contributed by atoms with E-state index in [4.69, 9.17) is 21.8 Å². The smallest absolute Gasteiger partial charge is 0.337 e. The van der Waals surface area contributed by atoms with Crippen molar-refractivity contribution in [1.82, 2.24) is 4.72 Å². The summed E-state index contributed by atoms with van der Waals surface area (Å²) in [5.41, 5.74) is -0.649. The maximum absolute atomic E-state index is 13.5. The van der Waals surface area contributed by atoms with Crippen molar-refractivity contribution in [3.8, 4) is 0 Å². The van der Waals surface area contributed by atoms with Crippen molar-refractivity contribution in [1.29, 1.82) is 0 Å². The highest BCUT2D eigenvalue weighted by atomic mass is 35.5. The minimum Gasteiger partial charge on any atom is -0.478 e. The van der Waals surface area contributed by atoms with Crippen molar-refractivity contribution in [3.05, 3.63) is 28.5 Å². The zero-order valence-electron chi connectivity index (χ0n) is 10.4. The first-order valence-corrected chi connectivity index (χ1v) is 7.44. The summed E-state index contributed by atoms with van der Waals surface area (Å²) in [7, 11) is -4.15. The number of halogens is 2. The number of hydrogen-bond donors (Lipinski definition) is 3. The van der Waals surface area contributed by atoms with Crippen LogP contribution in [0.4, 0.5) is 4.39 Å². The van der Waals surface area contributed by atoms with Gasteiger partial charge in [0, 0.05) is 6.04 Å². The van der Waals surface area contributed by atoms with Gasteiger partial charge in [-0.3, -0.25) is 0 Å². The summed E-state index contributed by atoms with van der Waals surface area (Å²) in [6.45, 7) is 1.21. The lowest BCUT2D eigenvalue weighted by molar-refractivity contribution is 0.0696. The van der Waals surface area contributed by atoms with Crippen LogP contribution < -0.4 is 4.72 Å². The van der Waals surface area contributed by atoms with Crippen LogP contribution in [-0.4, -0.2) is 37.2 Å². The number of aromatic carboxylic acids is 1. The van der Waals surface area contributed by atoms with E-state index in [1.807, 2.05) is 0 Å². The Morgan fingerprint density at radius 3 is 2.55 bits per heavy atom. The lowest BCUT2D eigenvalue weighted by atomic mass is 10.2. The second-order valence-electron chi connectivity index (χ2n) is 3.98. The van der Waals surface area contributed by atoms with Gasteiger partial charge in [-0.1, -0.05) is 18.5 Å². The van der Waals surface area contributed by atoms with Gasteiger partial charge in [0.2, 0.25) is 10.0 Å². The summed E-state index contributed by atoms with van der Waals surface area (Å²) in [5, 5.41) is 17.1. The Morgan fingerprint density at radius 1 is 1.50 bits per heavy atom. The molecular formula is C11H13ClFNO5S. The molecule has 0 saturated heterocycles. The maximum Gasteiger partial charge on any atom is 0.337 e. The molecule has 0 aliphatic rings. The second-order valence-corrected chi connectivity index (χ2v) is 6.07. The molecule has 9 heteroatoms. The van der Waals surface area contributed by atoms with E-state index in [1.165, 1.54) is 0 Å². The van der Waals surface area contributed by atoms with E-state index in [0.717, 1.165) is 6.07 Å². The first kappa shape index (κ1) is 16.8. The zero-order chi connectivity index (χ0) is 15.5. The third kappa shape index (κ3) is 3.66. The minimum absolute atomic E-state index is 0.317. The van der Waals surface area contributed by atoms with Crippen LogP contribution >= 0.6 is 11.6 Å². The third-order valence-corrected chi connectivity index (χ3v) is 4.46. The maximum atomic E-state index is 13.5. The SMILES string of the molecule is CCC(CO)NS(=O)(=O)c1cc(F)c(Cl)c(C(=O)O)c1. The van der Waals surface area contributed by atoms with Crippen molar-refractivity contribution in [2.75, 3.05) is 6.61 Å². The molecule has 0 aliphatic heterocycles. The molecule has 1 aromatic carbocycles. The van der Waals surface area contributed by atoms with Gasteiger partial charge in [-0.15, -0.1) is 0 Å². The van der Waals surface area contributed by atoms with Gasteiger partial charge >= 0.3 is 5.97 Å². The van der Waals surface area contributed by atoms with Crippen LogP contribution in [-0.2, 0) is 10.0 Å². The molecule has 0 fully saturated rings. The highest BCUT2D eigenvalue weighted by Crippen LogP contribution is 2.24. The zero-order valence-corrected chi connectivity index (χ0v) is 12.0. The molecule has 0 aliphatic carbocycles. The van der Waals surface area contributed by atoms with Gasteiger partial charge in [-0.2, -0.15) is 0 Å². The van der Waals surface area contributed by atoms with Crippen molar-refractivity contribution >= 4 is 27.6 Å². The van der Waals surface area contributed by atoms with E-state index in [0.29, 0.717) is 12.5 Å². The normalized spacial score (nSPS) is 13.2. The highest BCUT2D eigenvalue weighted by molar-refractivity contribution is 7.89. The predicted molar refractivity (Wildman–Crippen MR) is 69.9 cm³/mol. The van der Waals surface area contributed by atoms with Gasteiger partial charge in [-0.05, 0) is 18.6 Å². The fourth-order valence-electron chi connectivity index (χ4n) is 1.41. The van der Waals surface area contributed by atoms with E-state index in [9.17, 15) is 17.6 Å². The summed E-state index contributed by atoms with van der Waals surface area (Å²) < 4.78 is 39.6. The first-order chi connectivity index (χ1) is 9.22. The molecule has 1 atom stereocenters. The van der Waals surface area contributed by atoms with Gasteiger partial charge in [0.1, 0.15) is 5.82 Å². The number of aliphatic hydroxyl groups excluding tert-OH is 1. The Balaban J connectivity index is 3.29. The Bertz CT molecular complexity index is 615. The molecule has 6 nitrogen and oxygen atoms in total. The number of rotatable bonds is 6. The number of carboxylic acids is 1.